The minimum absolute atomic E-state index is 0.0876. The Morgan fingerprint density at radius 2 is 1.48 bits per heavy atom. The number of aromatic amines is 2. The number of hydrogen-bond acceptors (Lipinski definition) is 4. The van der Waals surface area contributed by atoms with Crippen molar-refractivity contribution in [3.8, 4) is 11.5 Å². The Morgan fingerprint density at radius 3 is 2.24 bits per heavy atom. The van der Waals surface area contributed by atoms with Gasteiger partial charge < -0.3 is 19.1 Å². The van der Waals surface area contributed by atoms with E-state index in [-0.39, 0.29) is 16.5 Å². The molecule has 6 nitrogen and oxygen atoms in total. The summed E-state index contributed by atoms with van der Waals surface area (Å²) >= 11 is 0. The summed E-state index contributed by atoms with van der Waals surface area (Å²) in [5.74, 6) is 1.09. The number of H-pyrrole nitrogens is 2. The van der Waals surface area contributed by atoms with Crippen molar-refractivity contribution in [3.63, 3.8) is 0 Å². The van der Waals surface area contributed by atoms with E-state index >= 15 is 0 Å². The lowest BCUT2D eigenvalue weighted by molar-refractivity contribution is 0.480. The molecule has 5 rings (SSSR count). The molecule has 0 fully saturated rings. The number of halogens is 1. The molecule has 0 unspecified atom stereocenters. The van der Waals surface area contributed by atoms with Crippen LogP contribution in [0.3, 0.4) is 0 Å². The van der Waals surface area contributed by atoms with Crippen LogP contribution in [0.5, 0.6) is 11.5 Å². The van der Waals surface area contributed by atoms with E-state index in [2.05, 4.69) is 9.97 Å². The predicted molar refractivity (Wildman–Crippen MR) is 123 cm³/mol. The third-order valence-corrected chi connectivity index (χ3v) is 4.94. The SMILES string of the molecule is O=c1[nH]/c(=C\c2cc3ccccc3o2)c(=O)[nH]/c1=C\c1cccc(Oc2ccc(F)cc2)c1. The van der Waals surface area contributed by atoms with Crippen molar-refractivity contribution in [3.05, 3.63) is 127 Å². The van der Waals surface area contributed by atoms with Crippen molar-refractivity contribution in [2.75, 3.05) is 0 Å². The number of furan rings is 1. The van der Waals surface area contributed by atoms with Crippen LogP contribution in [0.25, 0.3) is 23.1 Å². The van der Waals surface area contributed by atoms with Gasteiger partial charge in [-0.05, 0) is 60.2 Å². The van der Waals surface area contributed by atoms with Crippen molar-refractivity contribution in [2.45, 2.75) is 0 Å². The maximum Gasteiger partial charge on any atom is 0.272 e. The highest BCUT2D eigenvalue weighted by molar-refractivity contribution is 5.79. The fourth-order valence-corrected chi connectivity index (χ4v) is 3.39. The largest absolute Gasteiger partial charge is 0.457 e. The Bertz CT molecular complexity index is 1660. The first-order chi connectivity index (χ1) is 16.0. The second kappa shape index (κ2) is 8.47. The van der Waals surface area contributed by atoms with Gasteiger partial charge in [0.2, 0.25) is 0 Å². The van der Waals surface area contributed by atoms with Crippen LogP contribution in [-0.4, -0.2) is 9.97 Å². The number of hydrogen-bond donors (Lipinski definition) is 2. The minimum atomic E-state index is -0.458. The van der Waals surface area contributed by atoms with Gasteiger partial charge >= 0.3 is 0 Å². The summed E-state index contributed by atoms with van der Waals surface area (Å²) in [6, 6.07) is 21.9. The quantitative estimate of drug-likeness (QED) is 0.448. The smallest absolute Gasteiger partial charge is 0.272 e. The van der Waals surface area contributed by atoms with Gasteiger partial charge in [0, 0.05) is 11.5 Å². The Balaban J connectivity index is 1.48. The third kappa shape index (κ3) is 4.52. The molecule has 0 saturated heterocycles. The number of para-hydroxylation sites is 1. The molecule has 0 atom stereocenters. The number of nitrogens with one attached hydrogen (secondary N) is 2. The molecule has 0 amide bonds. The Morgan fingerprint density at radius 1 is 0.758 bits per heavy atom. The maximum absolute atomic E-state index is 13.1. The van der Waals surface area contributed by atoms with Gasteiger partial charge in [0.05, 0.1) is 0 Å². The molecule has 33 heavy (non-hydrogen) atoms. The van der Waals surface area contributed by atoms with E-state index in [0.717, 1.165) is 5.39 Å². The van der Waals surface area contributed by atoms with Gasteiger partial charge in [-0.15, -0.1) is 0 Å². The summed E-state index contributed by atoms with van der Waals surface area (Å²) in [5.41, 5.74) is 0.418. The molecule has 2 heterocycles. The van der Waals surface area contributed by atoms with Crippen molar-refractivity contribution < 1.29 is 13.5 Å². The maximum atomic E-state index is 13.1. The first-order valence-corrected chi connectivity index (χ1v) is 10.1. The first kappa shape index (κ1) is 20.3. The van der Waals surface area contributed by atoms with Gasteiger partial charge in [0.1, 0.15) is 39.4 Å². The van der Waals surface area contributed by atoms with Crippen LogP contribution in [0.4, 0.5) is 4.39 Å². The lowest BCUT2D eigenvalue weighted by Crippen LogP contribution is -2.46. The highest BCUT2D eigenvalue weighted by Gasteiger charge is 2.03. The normalized spacial score (nSPS) is 12.4. The number of ether oxygens (including phenoxy) is 1. The van der Waals surface area contributed by atoms with Gasteiger partial charge in [0.15, 0.2) is 0 Å². The average Bonchev–Trinajstić information content (AvgIpc) is 3.21. The highest BCUT2D eigenvalue weighted by atomic mass is 19.1. The zero-order chi connectivity index (χ0) is 22.8. The molecule has 0 aliphatic rings. The molecular weight excluding hydrogens is 423 g/mol. The molecule has 0 aliphatic heterocycles. The monoisotopic (exact) mass is 440 g/mol. The Labute approximate surface area is 185 Å². The second-order valence-electron chi connectivity index (χ2n) is 7.34. The van der Waals surface area contributed by atoms with Crippen LogP contribution in [-0.2, 0) is 0 Å². The highest BCUT2D eigenvalue weighted by Crippen LogP contribution is 2.22. The van der Waals surface area contributed by atoms with Crippen LogP contribution < -0.4 is 26.6 Å². The molecule has 162 valence electrons. The molecule has 7 heteroatoms. The minimum Gasteiger partial charge on any atom is -0.457 e. The third-order valence-electron chi connectivity index (χ3n) is 4.94. The topological polar surface area (TPSA) is 88.1 Å². The molecule has 0 aliphatic carbocycles. The van der Waals surface area contributed by atoms with E-state index in [0.29, 0.717) is 28.4 Å². The number of aromatic nitrogens is 2. The first-order valence-electron chi connectivity index (χ1n) is 10.1. The van der Waals surface area contributed by atoms with E-state index in [1.54, 1.807) is 36.4 Å². The summed E-state index contributed by atoms with van der Waals surface area (Å²) < 4.78 is 24.5. The van der Waals surface area contributed by atoms with Gasteiger partial charge in [0.25, 0.3) is 11.1 Å². The molecule has 0 saturated carbocycles. The number of benzene rings is 3. The van der Waals surface area contributed by atoms with E-state index < -0.39 is 11.1 Å². The fraction of sp³-hybridized carbons (Fsp3) is 0. The molecule has 0 radical (unpaired) electrons. The van der Waals surface area contributed by atoms with Crippen molar-refractivity contribution in [1.29, 1.82) is 0 Å². The summed E-state index contributed by atoms with van der Waals surface area (Å²) in [4.78, 5) is 30.4. The molecule has 3 aromatic carbocycles. The summed E-state index contributed by atoms with van der Waals surface area (Å²) in [7, 11) is 0. The van der Waals surface area contributed by atoms with Gasteiger partial charge in [-0.1, -0.05) is 30.3 Å². The lowest BCUT2D eigenvalue weighted by atomic mass is 10.2. The van der Waals surface area contributed by atoms with Crippen LogP contribution >= 0.6 is 0 Å². The zero-order valence-electron chi connectivity index (χ0n) is 17.2. The molecule has 5 aromatic rings. The van der Waals surface area contributed by atoms with Crippen LogP contribution in [0, 0.1) is 5.82 Å². The van der Waals surface area contributed by atoms with Crippen molar-refractivity contribution >= 4 is 23.1 Å². The molecular formula is C26H17FN2O4. The number of rotatable bonds is 4. The van der Waals surface area contributed by atoms with Crippen LogP contribution in [0.2, 0.25) is 0 Å². The predicted octanol–water partition coefficient (Wildman–Crippen LogP) is 3.40. The molecule has 2 aromatic heterocycles. The standard InChI is InChI=1S/C26H17FN2O4/c27-18-8-10-19(11-9-18)32-20-6-3-4-16(12-20)13-22-25(30)29-23(26(31)28-22)15-21-14-17-5-1-2-7-24(17)33-21/h1-15H,(H,28,31)(H,29,30)/b22-13-,23-15-. The van der Waals surface area contributed by atoms with E-state index in [4.69, 9.17) is 9.15 Å². The lowest BCUT2D eigenvalue weighted by Gasteiger charge is -2.06. The Hall–Kier alpha value is -4.65. The van der Waals surface area contributed by atoms with Gasteiger partial charge in [-0.3, -0.25) is 9.59 Å². The number of fused-ring (bicyclic) bond motifs is 1. The van der Waals surface area contributed by atoms with Gasteiger partial charge in [-0.25, -0.2) is 4.39 Å². The second-order valence-corrected chi connectivity index (χ2v) is 7.34. The zero-order valence-corrected chi connectivity index (χ0v) is 17.2. The fourth-order valence-electron chi connectivity index (χ4n) is 3.39. The van der Waals surface area contributed by atoms with E-state index in [1.807, 2.05) is 24.3 Å². The van der Waals surface area contributed by atoms with Crippen LogP contribution in [0.15, 0.2) is 92.9 Å². The van der Waals surface area contributed by atoms with Crippen molar-refractivity contribution in [1.82, 2.24) is 9.97 Å². The summed E-state index contributed by atoms with van der Waals surface area (Å²) in [6.07, 6.45) is 3.03. The summed E-state index contributed by atoms with van der Waals surface area (Å²) in [5, 5.41) is 1.08. The Kier molecular flexibility index (Phi) is 5.20. The van der Waals surface area contributed by atoms with Crippen molar-refractivity contribution in [2.24, 2.45) is 0 Å². The molecule has 0 spiro atoms. The van der Waals surface area contributed by atoms with Crippen LogP contribution in [0.1, 0.15) is 11.3 Å². The van der Waals surface area contributed by atoms with E-state index in [9.17, 15) is 14.0 Å². The summed E-state index contributed by atoms with van der Waals surface area (Å²) in [6.45, 7) is 0. The van der Waals surface area contributed by atoms with E-state index in [1.165, 1.54) is 30.3 Å². The van der Waals surface area contributed by atoms with Gasteiger partial charge in [-0.2, -0.15) is 0 Å². The average molecular weight is 440 g/mol. The molecule has 2 N–H and O–H groups in total. The molecule has 0 bridgehead atoms.